The number of ether oxygens (including phenoxy) is 2. The van der Waals surface area contributed by atoms with Gasteiger partial charge in [0.05, 0.1) is 6.10 Å². The molecule has 4 fully saturated rings. The van der Waals surface area contributed by atoms with E-state index in [1.807, 2.05) is 0 Å². The molecule has 4 rings (SSSR count). The van der Waals surface area contributed by atoms with E-state index in [9.17, 15) is 0 Å². The average Bonchev–Trinajstić information content (AvgIpc) is 3.30. The molecule has 0 aromatic carbocycles. The van der Waals surface area contributed by atoms with Gasteiger partial charge in [0.2, 0.25) is 0 Å². The Morgan fingerprint density at radius 1 is 1.03 bits per heavy atom. The fraction of sp³-hybridized carbons (Fsp3) is 1.00. The van der Waals surface area contributed by atoms with E-state index in [2.05, 4.69) is 89.4 Å². The highest BCUT2D eigenvalue weighted by Crippen LogP contribution is 2.55. The Bertz CT molecular complexity index is 629. The molecule has 5 nitrogen and oxygen atoms in total. The molecular formula is C26H49N3O2S. The summed E-state index contributed by atoms with van der Waals surface area (Å²) in [5.41, 5.74) is 0.893. The molecule has 3 heterocycles. The van der Waals surface area contributed by atoms with Crippen molar-refractivity contribution in [1.29, 1.82) is 0 Å². The number of hydrogen-bond donors (Lipinski definition) is 1. The van der Waals surface area contributed by atoms with Crippen LogP contribution in [0.5, 0.6) is 0 Å². The summed E-state index contributed by atoms with van der Waals surface area (Å²) < 4.78 is 12.4. The molecule has 3 aliphatic heterocycles. The third kappa shape index (κ3) is 4.92. The smallest absolute Gasteiger partial charge is 0.137 e. The minimum absolute atomic E-state index is 0.224. The molecule has 4 aliphatic rings. The van der Waals surface area contributed by atoms with Gasteiger partial charge in [-0.25, -0.2) is 0 Å². The van der Waals surface area contributed by atoms with Crippen molar-refractivity contribution >= 4 is 11.8 Å². The van der Waals surface area contributed by atoms with E-state index in [4.69, 9.17) is 9.47 Å². The average molecular weight is 468 g/mol. The fourth-order valence-electron chi connectivity index (χ4n) is 8.25. The lowest BCUT2D eigenvalue weighted by molar-refractivity contribution is -0.109. The topological polar surface area (TPSA) is 40.3 Å². The monoisotopic (exact) mass is 467 g/mol. The predicted molar refractivity (Wildman–Crippen MR) is 135 cm³/mol. The minimum Gasteiger partial charge on any atom is -0.378 e. The molecule has 0 bridgehead atoms. The van der Waals surface area contributed by atoms with Crippen molar-refractivity contribution < 1.29 is 9.47 Å². The molecule has 1 saturated carbocycles. The Kier molecular flexibility index (Phi) is 7.35. The molecule has 6 atom stereocenters. The van der Waals surface area contributed by atoms with Crippen molar-refractivity contribution in [2.24, 2.45) is 34.5 Å². The summed E-state index contributed by atoms with van der Waals surface area (Å²) in [6.07, 6.45) is 3.34. The predicted octanol–water partition coefficient (Wildman–Crippen LogP) is 4.33. The molecule has 186 valence electrons. The van der Waals surface area contributed by atoms with Gasteiger partial charge >= 0.3 is 0 Å². The normalized spacial score (nSPS) is 47.0. The van der Waals surface area contributed by atoms with Gasteiger partial charge < -0.3 is 14.4 Å². The first kappa shape index (κ1) is 25.2. The Morgan fingerprint density at radius 2 is 1.62 bits per heavy atom. The number of rotatable bonds is 6. The van der Waals surface area contributed by atoms with Gasteiger partial charge in [0.25, 0.3) is 0 Å². The number of thioether (sulfide) groups is 1. The van der Waals surface area contributed by atoms with Gasteiger partial charge in [-0.05, 0) is 68.4 Å². The number of hydrogen-bond acceptors (Lipinski definition) is 6. The fourth-order valence-corrected chi connectivity index (χ4v) is 9.68. The Morgan fingerprint density at radius 3 is 2.19 bits per heavy atom. The van der Waals surface area contributed by atoms with E-state index < -0.39 is 0 Å². The lowest BCUT2D eigenvalue weighted by atomic mass is 9.54. The minimum atomic E-state index is 0.224. The van der Waals surface area contributed by atoms with Crippen LogP contribution in [0.15, 0.2) is 0 Å². The Labute approximate surface area is 201 Å². The molecule has 32 heavy (non-hydrogen) atoms. The SMILES string of the molecule is CCOC1CC(C)(C)C(C2CSC(NC3OC3C3C(C)CN(C)CC3C)N2C)C(C)(C)C1. The van der Waals surface area contributed by atoms with Crippen LogP contribution in [0.1, 0.15) is 61.3 Å². The third-order valence-electron chi connectivity index (χ3n) is 9.02. The number of nitrogens with one attached hydrogen (secondary N) is 1. The number of epoxide rings is 1. The number of likely N-dealkylation sites (tertiary alicyclic amines) is 1. The number of nitrogens with zero attached hydrogens (tertiary/aromatic N) is 2. The van der Waals surface area contributed by atoms with Crippen molar-refractivity contribution in [2.45, 2.75) is 91.3 Å². The van der Waals surface area contributed by atoms with Crippen LogP contribution in [0, 0.1) is 34.5 Å². The van der Waals surface area contributed by atoms with E-state index >= 15 is 0 Å². The van der Waals surface area contributed by atoms with Crippen LogP contribution in [-0.2, 0) is 9.47 Å². The summed E-state index contributed by atoms with van der Waals surface area (Å²) in [6.45, 7) is 20.1. The van der Waals surface area contributed by atoms with Crippen LogP contribution in [0.2, 0.25) is 0 Å². The molecule has 0 amide bonds. The van der Waals surface area contributed by atoms with Crippen LogP contribution in [0.25, 0.3) is 0 Å². The van der Waals surface area contributed by atoms with Crippen molar-refractivity contribution in [3.63, 3.8) is 0 Å². The second kappa shape index (κ2) is 9.31. The quantitative estimate of drug-likeness (QED) is 0.586. The zero-order valence-electron chi connectivity index (χ0n) is 22.1. The van der Waals surface area contributed by atoms with Crippen LogP contribution in [0.3, 0.4) is 0 Å². The maximum atomic E-state index is 6.26. The van der Waals surface area contributed by atoms with Crippen molar-refractivity contribution in [3.05, 3.63) is 0 Å². The first-order chi connectivity index (χ1) is 14.9. The van der Waals surface area contributed by atoms with E-state index in [0.717, 1.165) is 6.61 Å². The van der Waals surface area contributed by atoms with Crippen LogP contribution in [-0.4, -0.2) is 79.3 Å². The van der Waals surface area contributed by atoms with E-state index in [1.165, 1.54) is 31.7 Å². The summed E-state index contributed by atoms with van der Waals surface area (Å²) in [6, 6.07) is 0.587. The zero-order chi connectivity index (χ0) is 23.4. The first-order valence-corrected chi connectivity index (χ1v) is 14.0. The molecule has 0 spiro atoms. The maximum absolute atomic E-state index is 6.26. The lowest BCUT2D eigenvalue weighted by Gasteiger charge is -2.55. The van der Waals surface area contributed by atoms with E-state index in [1.54, 1.807) is 0 Å². The molecule has 0 aromatic rings. The second-order valence-corrected chi connectivity index (χ2v) is 13.9. The Balaban J connectivity index is 1.38. The van der Waals surface area contributed by atoms with Gasteiger partial charge in [0.15, 0.2) is 0 Å². The van der Waals surface area contributed by atoms with Crippen molar-refractivity contribution in [3.8, 4) is 0 Å². The summed E-state index contributed by atoms with van der Waals surface area (Å²) in [4.78, 5) is 5.10. The maximum Gasteiger partial charge on any atom is 0.137 e. The molecule has 0 aromatic heterocycles. The molecule has 0 radical (unpaired) electrons. The van der Waals surface area contributed by atoms with Gasteiger partial charge in [0, 0.05) is 31.5 Å². The third-order valence-corrected chi connectivity index (χ3v) is 10.3. The second-order valence-electron chi connectivity index (χ2n) is 12.8. The van der Waals surface area contributed by atoms with Crippen molar-refractivity contribution in [2.75, 3.05) is 39.5 Å². The summed E-state index contributed by atoms with van der Waals surface area (Å²) >= 11 is 2.08. The van der Waals surface area contributed by atoms with Crippen LogP contribution in [0.4, 0.5) is 0 Å². The number of piperidine rings is 1. The largest absolute Gasteiger partial charge is 0.378 e. The molecular weight excluding hydrogens is 418 g/mol. The van der Waals surface area contributed by atoms with Gasteiger partial charge in [-0.2, -0.15) is 0 Å². The van der Waals surface area contributed by atoms with E-state index in [-0.39, 0.29) is 17.1 Å². The summed E-state index contributed by atoms with van der Waals surface area (Å²) in [7, 11) is 4.59. The van der Waals surface area contributed by atoms with Gasteiger partial charge in [-0.15, -0.1) is 11.8 Å². The molecule has 6 heteroatoms. The summed E-state index contributed by atoms with van der Waals surface area (Å²) in [5.74, 6) is 3.92. The molecule has 1 N–H and O–H groups in total. The van der Waals surface area contributed by atoms with Gasteiger partial charge in [-0.1, -0.05) is 41.5 Å². The molecule has 6 unspecified atom stereocenters. The van der Waals surface area contributed by atoms with E-state index in [0.29, 0.717) is 47.4 Å². The van der Waals surface area contributed by atoms with Crippen molar-refractivity contribution in [1.82, 2.24) is 15.1 Å². The first-order valence-electron chi connectivity index (χ1n) is 13.0. The highest BCUT2D eigenvalue weighted by Gasteiger charge is 2.56. The van der Waals surface area contributed by atoms with Gasteiger partial charge in [-0.3, -0.25) is 10.2 Å². The summed E-state index contributed by atoms with van der Waals surface area (Å²) in [5, 5.41) is 3.88. The standard InChI is InChI=1S/C26H49N3O2S/c1-10-30-18-11-25(4,5)22(26(6,7)12-18)19-15-32-24(29(19)9)27-23-21(31-23)20-16(2)13-28(8)14-17(20)3/h16-24,27H,10-15H2,1-9H3. The zero-order valence-corrected chi connectivity index (χ0v) is 22.9. The highest BCUT2D eigenvalue weighted by molar-refractivity contribution is 8.00. The molecule has 1 aliphatic carbocycles. The Hall–Kier alpha value is 0.150. The lowest BCUT2D eigenvalue weighted by Crippen LogP contribution is -2.56. The van der Waals surface area contributed by atoms with Crippen LogP contribution >= 0.6 is 11.8 Å². The highest BCUT2D eigenvalue weighted by atomic mass is 32.2. The van der Waals surface area contributed by atoms with Gasteiger partial charge in [0.1, 0.15) is 17.8 Å². The molecule has 3 saturated heterocycles. The van der Waals surface area contributed by atoms with Crippen LogP contribution < -0.4 is 5.32 Å².